The minimum absolute atomic E-state index is 0.288. The van der Waals surface area contributed by atoms with Crippen molar-refractivity contribution in [3.05, 3.63) is 34.4 Å². The van der Waals surface area contributed by atoms with Gasteiger partial charge in [0.05, 0.1) is 0 Å². The molecule has 0 bridgehead atoms. The Morgan fingerprint density at radius 3 is 2.24 bits per heavy atom. The molecule has 0 atom stereocenters. The van der Waals surface area contributed by atoms with Gasteiger partial charge in [0, 0.05) is 26.2 Å². The lowest BCUT2D eigenvalue weighted by atomic mass is 10.0. The van der Waals surface area contributed by atoms with Gasteiger partial charge in [-0.05, 0) is 37.5 Å². The second kappa shape index (κ2) is 6.61. The molecule has 0 aromatic heterocycles. The number of piperazine rings is 1. The summed E-state index contributed by atoms with van der Waals surface area (Å²) in [5.74, 6) is 0. The van der Waals surface area contributed by atoms with Crippen LogP contribution in [0.25, 0.3) is 0 Å². The molecule has 1 aliphatic rings. The number of benzene rings is 1. The molecule has 0 N–H and O–H groups in total. The van der Waals surface area contributed by atoms with Gasteiger partial charge in [-0.25, -0.2) is 4.79 Å². The summed E-state index contributed by atoms with van der Waals surface area (Å²) in [7, 11) is 0. The van der Waals surface area contributed by atoms with Gasteiger partial charge in [0.2, 0.25) is 0 Å². The van der Waals surface area contributed by atoms with E-state index in [-0.39, 0.29) is 12.7 Å². The Labute approximate surface area is 125 Å². The van der Waals surface area contributed by atoms with Crippen molar-refractivity contribution in [2.24, 2.45) is 0 Å². The first kappa shape index (κ1) is 15.4. The molecule has 2 rings (SSSR count). The summed E-state index contributed by atoms with van der Waals surface area (Å²) in [5, 5.41) is 0. The van der Waals surface area contributed by atoms with E-state index in [2.05, 4.69) is 19.1 Å². The molecule has 5 nitrogen and oxygen atoms in total. The standard InChI is InChI=1S/C16H21N2O3/c1-12-8-13(2)15(14(3)9-12)10-21-16(20)18-6-4-17(11-19)5-7-18/h8-9H,4-7,10H2,1-3H3. The van der Waals surface area contributed by atoms with Gasteiger partial charge < -0.3 is 14.5 Å². The van der Waals surface area contributed by atoms with Crippen LogP contribution in [0, 0.1) is 20.8 Å². The lowest BCUT2D eigenvalue weighted by Crippen LogP contribution is -2.48. The van der Waals surface area contributed by atoms with Crippen LogP contribution in [0.4, 0.5) is 4.79 Å². The van der Waals surface area contributed by atoms with E-state index in [9.17, 15) is 9.59 Å². The largest absolute Gasteiger partial charge is 0.445 e. The molecule has 0 spiro atoms. The van der Waals surface area contributed by atoms with E-state index in [0.29, 0.717) is 26.2 Å². The van der Waals surface area contributed by atoms with E-state index in [1.165, 1.54) is 10.5 Å². The average Bonchev–Trinajstić information content (AvgIpc) is 2.46. The zero-order valence-electron chi connectivity index (χ0n) is 12.8. The third-order valence-corrected chi connectivity index (χ3v) is 3.85. The summed E-state index contributed by atoms with van der Waals surface area (Å²) in [6, 6.07) is 4.18. The summed E-state index contributed by atoms with van der Waals surface area (Å²) in [4.78, 5) is 25.7. The number of ether oxygens (including phenoxy) is 1. The Morgan fingerprint density at radius 2 is 1.71 bits per heavy atom. The van der Waals surface area contributed by atoms with Crippen molar-refractivity contribution in [1.29, 1.82) is 0 Å². The Balaban J connectivity index is 1.91. The summed E-state index contributed by atoms with van der Waals surface area (Å²) < 4.78 is 5.41. The molecule has 1 aromatic rings. The normalized spacial score (nSPS) is 15.0. The predicted molar refractivity (Wildman–Crippen MR) is 79.7 cm³/mol. The van der Waals surface area contributed by atoms with Crippen LogP contribution in [0.1, 0.15) is 22.3 Å². The topological polar surface area (TPSA) is 49.9 Å². The van der Waals surface area contributed by atoms with Crippen molar-refractivity contribution in [2.45, 2.75) is 27.4 Å². The van der Waals surface area contributed by atoms with E-state index in [4.69, 9.17) is 4.74 Å². The molecule has 2 amide bonds. The second-order valence-corrected chi connectivity index (χ2v) is 5.50. The first-order valence-electron chi connectivity index (χ1n) is 7.12. The quantitative estimate of drug-likeness (QED) is 0.854. The lowest BCUT2D eigenvalue weighted by Gasteiger charge is -2.31. The second-order valence-electron chi connectivity index (χ2n) is 5.50. The van der Waals surface area contributed by atoms with Crippen molar-refractivity contribution in [3.8, 4) is 0 Å². The van der Waals surface area contributed by atoms with Gasteiger partial charge in [-0.1, -0.05) is 17.7 Å². The molecule has 0 unspecified atom stereocenters. The third kappa shape index (κ3) is 3.74. The smallest absolute Gasteiger partial charge is 0.410 e. The Kier molecular flexibility index (Phi) is 4.83. The SMILES string of the molecule is Cc1cc(C)c(COC(=O)N2CCN([C]=O)CC2)c(C)c1. The van der Waals surface area contributed by atoms with Crippen LogP contribution in [-0.2, 0) is 16.1 Å². The van der Waals surface area contributed by atoms with Gasteiger partial charge in [-0.3, -0.25) is 4.79 Å². The molecule has 1 fully saturated rings. The van der Waals surface area contributed by atoms with Crippen molar-refractivity contribution in [1.82, 2.24) is 9.80 Å². The molecule has 1 aliphatic heterocycles. The van der Waals surface area contributed by atoms with Crippen molar-refractivity contribution < 1.29 is 14.3 Å². The molecule has 0 aliphatic carbocycles. The molecule has 113 valence electrons. The zero-order chi connectivity index (χ0) is 15.4. The highest BCUT2D eigenvalue weighted by molar-refractivity contribution is 5.68. The van der Waals surface area contributed by atoms with Gasteiger partial charge in [0.1, 0.15) is 6.61 Å². The van der Waals surface area contributed by atoms with E-state index in [1.807, 2.05) is 20.3 Å². The molecular formula is C16H21N2O3. The number of amides is 2. The van der Waals surface area contributed by atoms with Crippen LogP contribution < -0.4 is 0 Å². The minimum Gasteiger partial charge on any atom is -0.445 e. The number of rotatable bonds is 3. The summed E-state index contributed by atoms with van der Waals surface area (Å²) in [6.07, 6.45) is 1.53. The van der Waals surface area contributed by atoms with Crippen LogP contribution in [0.2, 0.25) is 0 Å². The van der Waals surface area contributed by atoms with Crippen LogP contribution in [-0.4, -0.2) is 48.5 Å². The van der Waals surface area contributed by atoms with Crippen LogP contribution in [0.3, 0.4) is 0 Å². The van der Waals surface area contributed by atoms with E-state index in [1.54, 1.807) is 4.90 Å². The van der Waals surface area contributed by atoms with Crippen LogP contribution >= 0.6 is 0 Å². The molecule has 5 heteroatoms. The van der Waals surface area contributed by atoms with Gasteiger partial charge in [-0.2, -0.15) is 0 Å². The van der Waals surface area contributed by atoms with Gasteiger partial charge in [-0.15, -0.1) is 0 Å². The van der Waals surface area contributed by atoms with Crippen molar-refractivity contribution in [3.63, 3.8) is 0 Å². The molecule has 1 radical (unpaired) electrons. The molecular weight excluding hydrogens is 268 g/mol. The fourth-order valence-electron chi connectivity index (χ4n) is 2.64. The molecule has 1 aromatic carbocycles. The molecule has 1 saturated heterocycles. The highest BCUT2D eigenvalue weighted by Gasteiger charge is 2.21. The zero-order valence-corrected chi connectivity index (χ0v) is 12.8. The molecule has 0 saturated carbocycles. The number of aryl methyl sites for hydroxylation is 3. The first-order valence-corrected chi connectivity index (χ1v) is 7.12. The average molecular weight is 289 g/mol. The lowest BCUT2D eigenvalue weighted by molar-refractivity contribution is 0.0819. The van der Waals surface area contributed by atoms with E-state index >= 15 is 0 Å². The van der Waals surface area contributed by atoms with Crippen LogP contribution in [0.5, 0.6) is 0 Å². The maximum Gasteiger partial charge on any atom is 0.410 e. The monoisotopic (exact) mass is 289 g/mol. The Hall–Kier alpha value is -2.04. The highest BCUT2D eigenvalue weighted by Crippen LogP contribution is 2.17. The number of hydrogen-bond donors (Lipinski definition) is 0. The first-order chi connectivity index (χ1) is 10.0. The summed E-state index contributed by atoms with van der Waals surface area (Å²) in [6.45, 7) is 8.43. The maximum atomic E-state index is 12.0. The number of nitrogens with zero attached hydrogens (tertiary/aromatic N) is 2. The molecule has 1 heterocycles. The number of carbonyl (C=O) groups excluding carboxylic acids is 2. The van der Waals surface area contributed by atoms with Crippen molar-refractivity contribution >= 4 is 12.5 Å². The third-order valence-electron chi connectivity index (χ3n) is 3.85. The van der Waals surface area contributed by atoms with Crippen LogP contribution in [0.15, 0.2) is 12.1 Å². The fraction of sp³-hybridized carbons (Fsp3) is 0.500. The van der Waals surface area contributed by atoms with Gasteiger partial charge in [0.25, 0.3) is 0 Å². The van der Waals surface area contributed by atoms with Crippen molar-refractivity contribution in [2.75, 3.05) is 26.2 Å². The predicted octanol–water partition coefficient (Wildman–Crippen LogP) is 1.93. The fourth-order valence-corrected chi connectivity index (χ4v) is 2.64. The summed E-state index contributed by atoms with van der Waals surface area (Å²) >= 11 is 0. The number of hydrogen-bond acceptors (Lipinski definition) is 3. The summed E-state index contributed by atoms with van der Waals surface area (Å²) in [5.41, 5.74) is 4.55. The Morgan fingerprint density at radius 1 is 1.14 bits per heavy atom. The maximum absolute atomic E-state index is 12.0. The van der Waals surface area contributed by atoms with Gasteiger partial charge in [0.15, 0.2) is 0 Å². The minimum atomic E-state index is -0.320. The highest BCUT2D eigenvalue weighted by atomic mass is 16.6. The number of carbonyl (C=O) groups is 1. The van der Waals surface area contributed by atoms with E-state index < -0.39 is 0 Å². The van der Waals surface area contributed by atoms with Gasteiger partial charge >= 0.3 is 12.5 Å². The molecule has 21 heavy (non-hydrogen) atoms. The Bertz CT molecular complexity index is 511. The van der Waals surface area contributed by atoms with E-state index in [0.717, 1.165) is 16.7 Å².